The van der Waals surface area contributed by atoms with E-state index >= 15 is 0 Å². The molecule has 0 atom stereocenters. The summed E-state index contributed by atoms with van der Waals surface area (Å²) in [5.41, 5.74) is 1.68. The van der Waals surface area contributed by atoms with E-state index in [1.54, 1.807) is 29.7 Å². The molecule has 3 aromatic heterocycles. The lowest BCUT2D eigenvalue weighted by molar-refractivity contribution is 0.102. The molecular weight excluding hydrogens is 296 g/mol. The predicted molar refractivity (Wildman–Crippen MR) is 87.3 cm³/mol. The number of imidazole rings is 1. The summed E-state index contributed by atoms with van der Waals surface area (Å²) in [6, 6.07) is 13.7. The Morgan fingerprint density at radius 1 is 1.14 bits per heavy atom. The molecule has 0 fully saturated rings. The number of carbonyl (C=O) groups excluding carboxylic acids is 1. The van der Waals surface area contributed by atoms with E-state index in [1.165, 1.54) is 0 Å². The number of fused-ring (bicyclic) bond motifs is 1. The summed E-state index contributed by atoms with van der Waals surface area (Å²) in [6.45, 7) is 0. The Hall–Kier alpha value is -2.86. The minimum Gasteiger partial charge on any atom is -0.357 e. The average molecular weight is 308 g/mol. The molecule has 5 nitrogen and oxygen atoms in total. The van der Waals surface area contributed by atoms with Gasteiger partial charge in [-0.25, -0.2) is 4.98 Å². The van der Waals surface area contributed by atoms with E-state index in [0.29, 0.717) is 11.5 Å². The highest BCUT2D eigenvalue weighted by molar-refractivity contribution is 7.20. The summed E-state index contributed by atoms with van der Waals surface area (Å²) in [4.78, 5) is 21.3. The van der Waals surface area contributed by atoms with E-state index < -0.39 is 0 Å². The molecule has 0 aliphatic heterocycles. The van der Waals surface area contributed by atoms with Crippen molar-refractivity contribution < 1.29 is 4.79 Å². The van der Waals surface area contributed by atoms with E-state index in [1.807, 2.05) is 35.0 Å². The molecular formula is C16H12N4OS. The molecule has 0 aliphatic carbocycles. The van der Waals surface area contributed by atoms with Crippen molar-refractivity contribution in [3.8, 4) is 10.4 Å². The molecule has 4 rings (SSSR count). The molecule has 0 saturated carbocycles. The fourth-order valence-electron chi connectivity index (χ4n) is 2.25. The fraction of sp³-hybridized carbons (Fsp3) is 0. The second-order valence-electron chi connectivity index (χ2n) is 4.82. The van der Waals surface area contributed by atoms with E-state index in [0.717, 1.165) is 15.4 Å². The number of benzene rings is 1. The van der Waals surface area contributed by atoms with Crippen molar-refractivity contribution in [1.29, 1.82) is 0 Å². The van der Waals surface area contributed by atoms with Crippen LogP contribution in [0, 0.1) is 0 Å². The van der Waals surface area contributed by atoms with Crippen molar-refractivity contribution in [2.45, 2.75) is 0 Å². The zero-order valence-corrected chi connectivity index (χ0v) is 12.3. The number of hydrogen-bond acceptors (Lipinski definition) is 3. The third kappa shape index (κ3) is 2.29. The Morgan fingerprint density at radius 3 is 2.73 bits per heavy atom. The summed E-state index contributed by atoms with van der Waals surface area (Å²) in [5.74, 6) is 0.351. The number of anilines is 1. The quantitative estimate of drug-likeness (QED) is 0.607. The zero-order valence-electron chi connectivity index (χ0n) is 11.5. The smallest absolute Gasteiger partial charge is 0.273 e. The molecule has 1 amide bonds. The molecule has 0 aliphatic rings. The van der Waals surface area contributed by atoms with Crippen LogP contribution in [0.15, 0.2) is 61.1 Å². The van der Waals surface area contributed by atoms with Crippen LogP contribution in [-0.4, -0.2) is 20.3 Å². The van der Waals surface area contributed by atoms with Gasteiger partial charge in [0.1, 0.15) is 5.69 Å². The van der Waals surface area contributed by atoms with Crippen LogP contribution in [0.1, 0.15) is 10.5 Å². The number of nitrogens with zero attached hydrogens (tertiary/aromatic N) is 2. The maximum atomic E-state index is 12.0. The summed E-state index contributed by atoms with van der Waals surface area (Å²) in [5, 5.41) is 2.78. The minimum absolute atomic E-state index is 0.195. The van der Waals surface area contributed by atoms with E-state index in [-0.39, 0.29) is 5.91 Å². The van der Waals surface area contributed by atoms with Crippen LogP contribution in [0.25, 0.3) is 15.4 Å². The van der Waals surface area contributed by atoms with Crippen molar-refractivity contribution in [2.24, 2.45) is 0 Å². The fourth-order valence-corrected chi connectivity index (χ4v) is 3.22. The molecule has 22 heavy (non-hydrogen) atoms. The maximum Gasteiger partial charge on any atom is 0.273 e. The van der Waals surface area contributed by atoms with E-state index in [9.17, 15) is 4.79 Å². The Morgan fingerprint density at radius 2 is 2.00 bits per heavy atom. The first-order valence-electron chi connectivity index (χ1n) is 6.78. The predicted octanol–water partition coefficient (Wildman–Crippen LogP) is 3.64. The normalized spacial score (nSPS) is 10.9. The third-order valence-corrected chi connectivity index (χ3v) is 4.34. The Labute approximate surface area is 130 Å². The van der Waals surface area contributed by atoms with Gasteiger partial charge < -0.3 is 10.3 Å². The third-order valence-electron chi connectivity index (χ3n) is 3.30. The molecule has 0 spiro atoms. The number of nitrogens with one attached hydrogen (secondary N) is 2. The van der Waals surface area contributed by atoms with Crippen LogP contribution in [0.4, 0.5) is 5.82 Å². The van der Waals surface area contributed by atoms with Gasteiger partial charge in [0.2, 0.25) is 0 Å². The lowest BCUT2D eigenvalue weighted by Gasteiger charge is -1.98. The first-order chi connectivity index (χ1) is 10.8. The average Bonchev–Trinajstić information content (AvgIpc) is 3.23. The van der Waals surface area contributed by atoms with Crippen molar-refractivity contribution >= 4 is 28.0 Å². The minimum atomic E-state index is -0.195. The van der Waals surface area contributed by atoms with Crippen molar-refractivity contribution in [3.63, 3.8) is 0 Å². The van der Waals surface area contributed by atoms with Gasteiger partial charge in [-0.3, -0.25) is 9.20 Å². The van der Waals surface area contributed by atoms with Gasteiger partial charge in [0.25, 0.3) is 5.91 Å². The summed E-state index contributed by atoms with van der Waals surface area (Å²) >= 11 is 1.59. The lowest BCUT2D eigenvalue weighted by atomic mass is 10.2. The topological polar surface area (TPSA) is 62.2 Å². The van der Waals surface area contributed by atoms with Gasteiger partial charge in [-0.2, -0.15) is 0 Å². The van der Waals surface area contributed by atoms with Crippen LogP contribution >= 0.6 is 11.3 Å². The first kappa shape index (κ1) is 12.8. The molecule has 0 unspecified atom stereocenters. The molecule has 2 N–H and O–H groups in total. The van der Waals surface area contributed by atoms with Gasteiger partial charge in [-0.1, -0.05) is 41.7 Å². The van der Waals surface area contributed by atoms with Crippen molar-refractivity contribution in [3.05, 3.63) is 66.7 Å². The second kappa shape index (κ2) is 5.16. The molecule has 0 bridgehead atoms. The monoisotopic (exact) mass is 308 g/mol. The number of aromatic amines is 1. The highest BCUT2D eigenvalue weighted by Crippen LogP contribution is 2.29. The Bertz CT molecular complexity index is 890. The summed E-state index contributed by atoms with van der Waals surface area (Å²) < 4.78 is 1.93. The van der Waals surface area contributed by atoms with Crippen LogP contribution in [0.3, 0.4) is 0 Å². The molecule has 6 heteroatoms. The molecule has 3 heterocycles. The second-order valence-corrected chi connectivity index (χ2v) is 5.82. The number of carbonyl (C=O) groups is 1. The number of H-pyrrole nitrogens is 1. The van der Waals surface area contributed by atoms with Crippen LogP contribution < -0.4 is 5.32 Å². The lowest BCUT2D eigenvalue weighted by Crippen LogP contribution is -2.12. The largest absolute Gasteiger partial charge is 0.357 e. The number of hydrogen-bond donors (Lipinski definition) is 2. The summed E-state index contributed by atoms with van der Waals surface area (Å²) in [6.07, 6.45) is 5.55. The molecule has 108 valence electrons. The van der Waals surface area contributed by atoms with Gasteiger partial charge in [0.05, 0.1) is 11.1 Å². The highest BCUT2D eigenvalue weighted by Gasteiger charge is 2.11. The molecule has 0 radical (unpaired) electrons. The maximum absolute atomic E-state index is 12.0. The number of aromatic nitrogens is 3. The molecule has 0 saturated heterocycles. The van der Waals surface area contributed by atoms with E-state index in [2.05, 4.69) is 27.4 Å². The number of thiazole rings is 1. The summed E-state index contributed by atoms with van der Waals surface area (Å²) in [7, 11) is 0. The Kier molecular flexibility index (Phi) is 3.01. The SMILES string of the molecule is O=C(Nc1cn2cc(-c3ccccc3)sc2n1)c1ccc[nH]1. The molecule has 1 aromatic carbocycles. The number of rotatable bonds is 3. The van der Waals surface area contributed by atoms with Crippen molar-refractivity contribution in [2.75, 3.05) is 5.32 Å². The first-order valence-corrected chi connectivity index (χ1v) is 7.60. The Balaban J connectivity index is 1.60. The van der Waals surface area contributed by atoms with Gasteiger partial charge in [0, 0.05) is 12.4 Å². The van der Waals surface area contributed by atoms with Gasteiger partial charge in [0.15, 0.2) is 10.8 Å². The van der Waals surface area contributed by atoms with Gasteiger partial charge in [-0.15, -0.1) is 0 Å². The van der Waals surface area contributed by atoms with Gasteiger partial charge >= 0.3 is 0 Å². The molecule has 4 aromatic rings. The van der Waals surface area contributed by atoms with E-state index in [4.69, 9.17) is 0 Å². The number of amides is 1. The highest BCUT2D eigenvalue weighted by atomic mass is 32.1. The van der Waals surface area contributed by atoms with Crippen LogP contribution in [0.5, 0.6) is 0 Å². The van der Waals surface area contributed by atoms with Crippen molar-refractivity contribution in [1.82, 2.24) is 14.4 Å². The van der Waals surface area contributed by atoms with Crippen LogP contribution in [-0.2, 0) is 0 Å². The van der Waals surface area contributed by atoms with Gasteiger partial charge in [-0.05, 0) is 17.7 Å². The standard InChI is InChI=1S/C16H12N4OS/c21-15(12-7-4-8-17-12)18-14-10-20-9-13(22-16(20)19-14)11-5-2-1-3-6-11/h1-10,17H,(H,18,21). The zero-order chi connectivity index (χ0) is 14.9. The van der Waals surface area contributed by atoms with Crippen LogP contribution in [0.2, 0.25) is 0 Å².